The lowest BCUT2D eigenvalue weighted by atomic mass is 10.2. The Kier molecular flexibility index (Phi) is 18.1. The van der Waals surface area contributed by atoms with E-state index in [0.717, 1.165) is 55.8 Å². The van der Waals surface area contributed by atoms with Crippen molar-refractivity contribution < 1.29 is 42.8 Å². The molecule has 0 bridgehead atoms. The molecule has 3 fully saturated rings. The second-order valence-electron chi connectivity index (χ2n) is 11.7. The SMILES string of the molecule is O=C(NNC1CCOC1)OCc1ccccc1.O=C(NN[C@@H]1CCOC1)OCc1ccccc1.O=C(NN[C@H]1CCOC1)OCc1ccccc1. The molecular formula is C36H48N6O9. The number of carbonyl (C=O) groups excluding carboxylic acids is 3. The third kappa shape index (κ3) is 17.1. The third-order valence-corrected chi connectivity index (χ3v) is 7.56. The Morgan fingerprint density at radius 2 is 0.745 bits per heavy atom. The number of rotatable bonds is 12. The molecule has 15 nitrogen and oxygen atoms in total. The molecule has 3 aromatic rings. The number of amides is 3. The molecular weight excluding hydrogens is 660 g/mol. The van der Waals surface area contributed by atoms with E-state index in [1.165, 1.54) is 0 Å². The minimum absolute atomic E-state index is 0.180. The quantitative estimate of drug-likeness (QED) is 0.119. The van der Waals surface area contributed by atoms with Crippen LogP contribution in [0.5, 0.6) is 0 Å². The fraction of sp³-hybridized carbons (Fsp3) is 0.417. The zero-order chi connectivity index (χ0) is 35.8. The van der Waals surface area contributed by atoms with Crippen molar-refractivity contribution in [1.82, 2.24) is 32.6 Å². The van der Waals surface area contributed by atoms with E-state index in [1.807, 2.05) is 91.0 Å². The molecule has 3 aliphatic heterocycles. The molecule has 3 amide bonds. The van der Waals surface area contributed by atoms with Gasteiger partial charge in [0.1, 0.15) is 19.8 Å². The molecule has 0 aromatic heterocycles. The van der Waals surface area contributed by atoms with Crippen LogP contribution in [0.3, 0.4) is 0 Å². The summed E-state index contributed by atoms with van der Waals surface area (Å²) in [7, 11) is 0. The number of hydrogen-bond acceptors (Lipinski definition) is 12. The van der Waals surface area contributed by atoms with E-state index in [1.54, 1.807) is 0 Å². The molecule has 51 heavy (non-hydrogen) atoms. The first-order valence-electron chi connectivity index (χ1n) is 16.9. The average molecular weight is 709 g/mol. The van der Waals surface area contributed by atoms with E-state index in [9.17, 15) is 14.4 Å². The van der Waals surface area contributed by atoms with Gasteiger partial charge in [0, 0.05) is 19.8 Å². The summed E-state index contributed by atoms with van der Waals surface area (Å²) in [6, 6.07) is 29.2. The molecule has 6 rings (SSSR count). The highest BCUT2D eigenvalue weighted by molar-refractivity contribution is 5.67. The summed E-state index contributed by atoms with van der Waals surface area (Å²) < 4.78 is 30.6. The number of hydrazine groups is 3. The van der Waals surface area contributed by atoms with Crippen LogP contribution in [0, 0.1) is 0 Å². The first-order valence-corrected chi connectivity index (χ1v) is 16.9. The summed E-state index contributed by atoms with van der Waals surface area (Å²) >= 11 is 0. The van der Waals surface area contributed by atoms with Crippen LogP contribution >= 0.6 is 0 Å². The lowest BCUT2D eigenvalue weighted by Gasteiger charge is -2.12. The van der Waals surface area contributed by atoms with E-state index in [0.29, 0.717) is 19.8 Å². The van der Waals surface area contributed by atoms with Gasteiger partial charge in [-0.3, -0.25) is 16.3 Å². The second-order valence-corrected chi connectivity index (χ2v) is 11.7. The van der Waals surface area contributed by atoms with Crippen molar-refractivity contribution in [3.8, 4) is 0 Å². The predicted octanol–water partition coefficient (Wildman–Crippen LogP) is 3.62. The number of carbonyl (C=O) groups is 3. The molecule has 0 saturated carbocycles. The summed E-state index contributed by atoms with van der Waals surface area (Å²) in [6.45, 7) is 4.90. The number of ether oxygens (including phenoxy) is 6. The van der Waals surface area contributed by atoms with Crippen LogP contribution in [-0.2, 0) is 48.2 Å². The largest absolute Gasteiger partial charge is 0.444 e. The van der Waals surface area contributed by atoms with Crippen molar-refractivity contribution in [3.63, 3.8) is 0 Å². The zero-order valence-electron chi connectivity index (χ0n) is 28.6. The molecule has 1 unspecified atom stereocenters. The van der Waals surface area contributed by atoms with Crippen molar-refractivity contribution in [1.29, 1.82) is 0 Å². The van der Waals surface area contributed by atoms with Crippen LogP contribution in [0.2, 0.25) is 0 Å². The number of hydrogen-bond donors (Lipinski definition) is 6. The molecule has 3 aliphatic rings. The lowest BCUT2D eigenvalue weighted by Crippen LogP contribution is -2.44. The molecule has 0 radical (unpaired) electrons. The second kappa shape index (κ2) is 23.6. The van der Waals surface area contributed by atoms with Gasteiger partial charge in [0.25, 0.3) is 0 Å². The van der Waals surface area contributed by atoms with Crippen molar-refractivity contribution in [3.05, 3.63) is 108 Å². The van der Waals surface area contributed by atoms with Gasteiger partial charge >= 0.3 is 18.3 Å². The smallest absolute Gasteiger partial charge is 0.421 e. The highest BCUT2D eigenvalue weighted by Crippen LogP contribution is 2.05. The summed E-state index contributed by atoms with van der Waals surface area (Å²) in [5, 5.41) is 0. The van der Waals surface area contributed by atoms with E-state index < -0.39 is 18.3 Å². The van der Waals surface area contributed by atoms with E-state index in [2.05, 4.69) is 32.6 Å². The zero-order valence-corrected chi connectivity index (χ0v) is 28.6. The normalized spacial score (nSPS) is 18.9. The summed E-state index contributed by atoms with van der Waals surface area (Å²) in [5.41, 5.74) is 19.0. The van der Waals surface area contributed by atoms with E-state index in [4.69, 9.17) is 28.4 Å². The Balaban J connectivity index is 0.000000172. The molecule has 6 N–H and O–H groups in total. The maximum absolute atomic E-state index is 11.3. The highest BCUT2D eigenvalue weighted by atomic mass is 16.6. The topological polar surface area (TPSA) is 179 Å². The Bertz CT molecular complexity index is 1220. The van der Waals surface area contributed by atoms with Crippen LogP contribution in [0.4, 0.5) is 14.4 Å². The Morgan fingerprint density at radius 1 is 0.471 bits per heavy atom. The van der Waals surface area contributed by atoms with Crippen molar-refractivity contribution in [2.75, 3.05) is 39.6 Å². The first-order chi connectivity index (χ1) is 25.0. The van der Waals surface area contributed by atoms with Gasteiger partial charge in [0.05, 0.1) is 37.9 Å². The Morgan fingerprint density at radius 3 is 0.980 bits per heavy atom. The first kappa shape index (κ1) is 39.0. The summed E-state index contributed by atoms with van der Waals surface area (Å²) in [5.74, 6) is 0. The van der Waals surface area contributed by atoms with Gasteiger partial charge in [0.15, 0.2) is 0 Å². The summed E-state index contributed by atoms with van der Waals surface area (Å²) in [4.78, 5) is 34.0. The molecule has 0 aliphatic carbocycles. The monoisotopic (exact) mass is 708 g/mol. The van der Waals surface area contributed by atoms with Gasteiger partial charge < -0.3 is 28.4 Å². The van der Waals surface area contributed by atoms with Crippen LogP contribution in [0.25, 0.3) is 0 Å². The lowest BCUT2D eigenvalue weighted by molar-refractivity contribution is 0.130. The van der Waals surface area contributed by atoms with Gasteiger partial charge in [-0.25, -0.2) is 30.7 Å². The fourth-order valence-electron chi connectivity index (χ4n) is 4.71. The van der Waals surface area contributed by atoms with Crippen molar-refractivity contribution >= 4 is 18.3 Å². The average Bonchev–Trinajstić information content (AvgIpc) is 4.00. The Labute approximate surface area is 297 Å². The standard InChI is InChI=1S/3C12H16N2O3/c3*15-12(14-13-11-6-7-16-9-11)17-8-10-4-2-1-3-5-10/h3*1-5,11,13H,6-9H2,(H,14,15)/t2*11-;/m10./s1. The number of benzene rings is 3. The van der Waals surface area contributed by atoms with Gasteiger partial charge in [0.2, 0.25) is 0 Å². The van der Waals surface area contributed by atoms with Crippen molar-refractivity contribution in [2.45, 2.75) is 57.2 Å². The van der Waals surface area contributed by atoms with E-state index >= 15 is 0 Å². The summed E-state index contributed by atoms with van der Waals surface area (Å²) in [6.07, 6.45) is 1.29. The molecule has 276 valence electrons. The molecule has 0 spiro atoms. The molecule has 3 heterocycles. The van der Waals surface area contributed by atoms with Gasteiger partial charge in [-0.1, -0.05) is 91.0 Å². The maximum atomic E-state index is 11.3. The van der Waals surface area contributed by atoms with Gasteiger partial charge in [-0.05, 0) is 36.0 Å². The van der Waals surface area contributed by atoms with Gasteiger partial charge in [-0.2, -0.15) is 0 Å². The minimum Gasteiger partial charge on any atom is -0.444 e. The molecule has 3 atom stereocenters. The van der Waals surface area contributed by atoms with Gasteiger partial charge in [-0.15, -0.1) is 0 Å². The van der Waals surface area contributed by atoms with Crippen LogP contribution in [-0.4, -0.2) is 76.0 Å². The van der Waals surface area contributed by atoms with E-state index in [-0.39, 0.29) is 37.9 Å². The van der Waals surface area contributed by atoms with Crippen LogP contribution < -0.4 is 32.6 Å². The fourth-order valence-corrected chi connectivity index (χ4v) is 4.71. The van der Waals surface area contributed by atoms with Crippen LogP contribution in [0.1, 0.15) is 36.0 Å². The Hall–Kier alpha value is -4.77. The molecule has 3 aromatic carbocycles. The number of nitrogens with one attached hydrogen (secondary N) is 6. The van der Waals surface area contributed by atoms with Crippen LogP contribution in [0.15, 0.2) is 91.0 Å². The van der Waals surface area contributed by atoms with Crippen molar-refractivity contribution in [2.24, 2.45) is 0 Å². The maximum Gasteiger partial charge on any atom is 0.421 e. The molecule has 15 heteroatoms. The molecule has 3 saturated heterocycles. The highest BCUT2D eigenvalue weighted by Gasteiger charge is 2.17. The minimum atomic E-state index is -0.472. The third-order valence-electron chi connectivity index (χ3n) is 7.56. The predicted molar refractivity (Wildman–Crippen MR) is 186 cm³/mol.